The molecule has 1 atom stereocenters. The van der Waals surface area contributed by atoms with Crippen LogP contribution in [0, 0.1) is 5.82 Å². The molecule has 1 N–H and O–H groups in total. The molecule has 26 heavy (non-hydrogen) atoms. The predicted octanol–water partition coefficient (Wildman–Crippen LogP) is 1.41. The Bertz CT molecular complexity index is 927. The quantitative estimate of drug-likeness (QED) is 0.766. The van der Waals surface area contributed by atoms with Crippen LogP contribution in [0.25, 0.3) is 11.4 Å². The largest absolute Gasteiger partial charge is 0.349 e. The van der Waals surface area contributed by atoms with Crippen molar-refractivity contribution in [2.24, 2.45) is 7.05 Å². The van der Waals surface area contributed by atoms with Crippen molar-refractivity contribution in [2.45, 2.75) is 24.0 Å². The molecule has 2 aromatic rings. The number of nitrogens with one attached hydrogen (secondary N) is 1. The molecule has 7 nitrogen and oxygen atoms in total. The Morgan fingerprint density at radius 3 is 2.65 bits per heavy atom. The van der Waals surface area contributed by atoms with E-state index in [0.29, 0.717) is 17.4 Å². The maximum atomic E-state index is 13.0. The highest BCUT2D eigenvalue weighted by Gasteiger charge is 2.39. The third kappa shape index (κ3) is 4.24. The summed E-state index contributed by atoms with van der Waals surface area (Å²) in [6.45, 7) is 1.75. The van der Waals surface area contributed by atoms with Crippen LogP contribution in [0.5, 0.6) is 0 Å². The Kier molecular flexibility index (Phi) is 5.07. The van der Waals surface area contributed by atoms with Crippen LogP contribution in [0.2, 0.25) is 0 Å². The average Bonchev–Trinajstić information content (AvgIpc) is 3.05. The van der Waals surface area contributed by atoms with E-state index in [0.717, 1.165) is 5.56 Å². The zero-order valence-corrected chi connectivity index (χ0v) is 16.0. The summed E-state index contributed by atoms with van der Waals surface area (Å²) in [7, 11) is -1.31. The Labute approximate surface area is 155 Å². The summed E-state index contributed by atoms with van der Waals surface area (Å²) in [4.78, 5) is 12.2. The van der Waals surface area contributed by atoms with Gasteiger partial charge in [0.05, 0.1) is 22.8 Å². The van der Waals surface area contributed by atoms with Gasteiger partial charge < -0.3 is 9.88 Å². The normalized spacial score (nSPS) is 21.7. The maximum absolute atomic E-state index is 13.0. The van der Waals surface area contributed by atoms with E-state index in [-0.39, 0.29) is 29.0 Å². The first kappa shape index (κ1) is 18.8. The van der Waals surface area contributed by atoms with Gasteiger partial charge in [-0.1, -0.05) is 11.8 Å². The van der Waals surface area contributed by atoms with E-state index in [2.05, 4.69) is 15.5 Å². The molecule has 10 heteroatoms. The summed E-state index contributed by atoms with van der Waals surface area (Å²) in [6, 6.07) is 5.92. The third-order valence-electron chi connectivity index (χ3n) is 4.21. The highest BCUT2D eigenvalue weighted by molar-refractivity contribution is 7.99. The van der Waals surface area contributed by atoms with Gasteiger partial charge in [-0.25, -0.2) is 12.8 Å². The number of nitrogens with zero attached hydrogens (tertiary/aromatic N) is 3. The second kappa shape index (κ2) is 6.99. The van der Waals surface area contributed by atoms with E-state index in [4.69, 9.17) is 0 Å². The summed E-state index contributed by atoms with van der Waals surface area (Å²) in [5.74, 6) is 0.161. The Morgan fingerprint density at radius 2 is 2.04 bits per heavy atom. The Morgan fingerprint density at radius 1 is 1.35 bits per heavy atom. The Balaban J connectivity index is 1.62. The molecule has 1 amide bonds. The van der Waals surface area contributed by atoms with Crippen LogP contribution in [0.4, 0.5) is 4.39 Å². The van der Waals surface area contributed by atoms with Gasteiger partial charge in [-0.15, -0.1) is 10.2 Å². The Hall–Kier alpha value is -1.94. The van der Waals surface area contributed by atoms with Crippen LogP contribution in [0.3, 0.4) is 0 Å². The van der Waals surface area contributed by atoms with Crippen LogP contribution in [-0.2, 0) is 21.7 Å². The number of rotatable bonds is 5. The number of carbonyl (C=O) groups excluding carboxylic acids is 1. The fourth-order valence-electron chi connectivity index (χ4n) is 2.90. The van der Waals surface area contributed by atoms with Gasteiger partial charge in [0.25, 0.3) is 0 Å². The highest BCUT2D eigenvalue weighted by atomic mass is 32.2. The summed E-state index contributed by atoms with van der Waals surface area (Å²) in [6.07, 6.45) is 0.421. The number of thioether (sulfide) groups is 1. The molecule has 1 saturated heterocycles. The summed E-state index contributed by atoms with van der Waals surface area (Å²) < 4.78 is 38.0. The molecular formula is C16H19FN4O3S2. The molecule has 0 radical (unpaired) electrons. The number of benzene rings is 1. The van der Waals surface area contributed by atoms with Gasteiger partial charge in [-0.05, 0) is 37.6 Å². The number of hydrogen-bond acceptors (Lipinski definition) is 6. The van der Waals surface area contributed by atoms with Crippen LogP contribution in [0.1, 0.15) is 13.3 Å². The van der Waals surface area contributed by atoms with Gasteiger partial charge in [0.2, 0.25) is 5.91 Å². The molecule has 3 rings (SSSR count). The van der Waals surface area contributed by atoms with E-state index >= 15 is 0 Å². The van der Waals surface area contributed by atoms with Crippen molar-refractivity contribution in [1.29, 1.82) is 0 Å². The maximum Gasteiger partial charge on any atom is 0.230 e. The van der Waals surface area contributed by atoms with Crippen molar-refractivity contribution in [3.63, 3.8) is 0 Å². The number of sulfone groups is 1. The van der Waals surface area contributed by atoms with E-state index in [1.807, 2.05) is 0 Å². The molecule has 0 spiro atoms. The van der Waals surface area contributed by atoms with Crippen molar-refractivity contribution in [3.05, 3.63) is 30.1 Å². The number of hydrogen-bond donors (Lipinski definition) is 1. The lowest BCUT2D eigenvalue weighted by molar-refractivity contribution is -0.120. The molecule has 1 aliphatic heterocycles. The number of amides is 1. The van der Waals surface area contributed by atoms with Gasteiger partial charge in [0.15, 0.2) is 20.8 Å². The predicted molar refractivity (Wildman–Crippen MR) is 96.9 cm³/mol. The van der Waals surface area contributed by atoms with Gasteiger partial charge in [0.1, 0.15) is 5.82 Å². The van der Waals surface area contributed by atoms with E-state index in [9.17, 15) is 17.6 Å². The molecule has 140 valence electrons. The lowest BCUT2D eigenvalue weighted by Gasteiger charge is -2.23. The molecule has 0 bridgehead atoms. The lowest BCUT2D eigenvalue weighted by atomic mass is 10.0. The average molecular weight is 398 g/mol. The fourth-order valence-corrected chi connectivity index (χ4v) is 5.71. The van der Waals surface area contributed by atoms with Gasteiger partial charge >= 0.3 is 0 Å². The summed E-state index contributed by atoms with van der Waals surface area (Å²) in [5.41, 5.74) is 0.0108. The SMILES string of the molecule is Cn1c(SCC(=O)N[C@@]2(C)CCS(=O)(=O)C2)nnc1-c1ccc(F)cc1. The molecule has 1 fully saturated rings. The van der Waals surface area contributed by atoms with Crippen molar-refractivity contribution >= 4 is 27.5 Å². The molecule has 1 aromatic heterocycles. The minimum atomic E-state index is -3.08. The standard InChI is InChI=1S/C16H19FN4O3S2/c1-16(7-8-26(23,24)10-16)18-13(22)9-25-15-20-19-14(21(15)2)11-3-5-12(17)6-4-11/h3-6H,7-10H2,1-2H3,(H,18,22)/t16-/m0/s1. The van der Waals surface area contributed by atoms with Gasteiger partial charge in [-0.2, -0.15) is 0 Å². The van der Waals surface area contributed by atoms with E-state index in [1.165, 1.54) is 23.9 Å². The smallest absolute Gasteiger partial charge is 0.230 e. The van der Waals surface area contributed by atoms with Crippen LogP contribution in [0.15, 0.2) is 29.4 Å². The highest BCUT2D eigenvalue weighted by Crippen LogP contribution is 2.25. The van der Waals surface area contributed by atoms with Crippen molar-refractivity contribution in [3.8, 4) is 11.4 Å². The number of aromatic nitrogens is 3. The van der Waals surface area contributed by atoms with Crippen molar-refractivity contribution < 1.29 is 17.6 Å². The van der Waals surface area contributed by atoms with E-state index in [1.54, 1.807) is 30.7 Å². The first-order valence-electron chi connectivity index (χ1n) is 7.97. The number of halogens is 1. The zero-order valence-electron chi connectivity index (χ0n) is 14.4. The lowest BCUT2D eigenvalue weighted by Crippen LogP contribution is -2.47. The summed E-state index contributed by atoms with van der Waals surface area (Å²) in [5, 5.41) is 11.5. The topological polar surface area (TPSA) is 94.0 Å². The molecule has 1 aliphatic rings. The van der Waals surface area contributed by atoms with Crippen LogP contribution < -0.4 is 5.32 Å². The van der Waals surface area contributed by atoms with Gasteiger partial charge in [0, 0.05) is 12.6 Å². The molecular weight excluding hydrogens is 379 g/mol. The fraction of sp³-hybridized carbons (Fsp3) is 0.438. The zero-order chi connectivity index (χ0) is 18.9. The van der Waals surface area contributed by atoms with Crippen LogP contribution >= 0.6 is 11.8 Å². The minimum absolute atomic E-state index is 0.0327. The van der Waals surface area contributed by atoms with Crippen molar-refractivity contribution in [2.75, 3.05) is 17.3 Å². The number of carbonyl (C=O) groups is 1. The first-order chi connectivity index (χ1) is 12.2. The molecule has 0 aliphatic carbocycles. The molecule has 1 aromatic carbocycles. The van der Waals surface area contributed by atoms with Gasteiger partial charge in [-0.3, -0.25) is 4.79 Å². The first-order valence-corrected chi connectivity index (χ1v) is 10.8. The van der Waals surface area contributed by atoms with E-state index < -0.39 is 15.4 Å². The second-order valence-electron chi connectivity index (χ2n) is 6.61. The van der Waals surface area contributed by atoms with Crippen LogP contribution in [-0.4, -0.2) is 51.9 Å². The summed E-state index contributed by atoms with van der Waals surface area (Å²) >= 11 is 1.21. The molecule has 2 heterocycles. The monoisotopic (exact) mass is 398 g/mol. The third-order valence-corrected chi connectivity index (χ3v) is 7.14. The van der Waals surface area contributed by atoms with Crippen molar-refractivity contribution in [1.82, 2.24) is 20.1 Å². The molecule has 0 unspecified atom stereocenters. The second-order valence-corrected chi connectivity index (χ2v) is 9.74. The minimum Gasteiger partial charge on any atom is -0.349 e. The molecule has 0 saturated carbocycles.